The van der Waals surface area contributed by atoms with Gasteiger partial charge in [-0.15, -0.1) is 0 Å². The average molecular weight is 242 g/mol. The van der Waals surface area contributed by atoms with Gasteiger partial charge in [0.25, 0.3) is 0 Å². The van der Waals surface area contributed by atoms with Crippen LogP contribution in [-0.4, -0.2) is 12.6 Å². The van der Waals surface area contributed by atoms with Gasteiger partial charge in [-0.2, -0.15) is 0 Å². The van der Waals surface area contributed by atoms with Crippen LogP contribution in [0.3, 0.4) is 0 Å². The van der Waals surface area contributed by atoms with Crippen molar-refractivity contribution in [3.05, 3.63) is 34.6 Å². The maximum absolute atomic E-state index is 13.1. The van der Waals surface area contributed by atoms with E-state index in [0.717, 1.165) is 37.4 Å². The van der Waals surface area contributed by atoms with Crippen LogP contribution in [0.2, 0.25) is 5.02 Å². The SMILES string of the molecule is Fc1cccc(CCCCNC2CC2)c1Cl. The van der Waals surface area contributed by atoms with Crippen LogP contribution >= 0.6 is 11.6 Å². The third kappa shape index (κ3) is 3.46. The van der Waals surface area contributed by atoms with Gasteiger partial charge in [-0.05, 0) is 50.3 Å². The zero-order valence-electron chi connectivity index (χ0n) is 9.31. The third-order valence-electron chi connectivity index (χ3n) is 2.91. The lowest BCUT2D eigenvalue weighted by Gasteiger charge is -2.05. The number of nitrogens with one attached hydrogen (secondary N) is 1. The van der Waals surface area contributed by atoms with E-state index in [9.17, 15) is 4.39 Å². The first kappa shape index (κ1) is 11.9. The lowest BCUT2D eigenvalue weighted by molar-refractivity contribution is 0.611. The molecule has 0 radical (unpaired) electrons. The number of halogens is 2. The Morgan fingerprint density at radius 1 is 1.31 bits per heavy atom. The number of hydrogen-bond donors (Lipinski definition) is 1. The molecule has 0 unspecified atom stereocenters. The summed E-state index contributed by atoms with van der Waals surface area (Å²) in [5, 5.41) is 3.75. The fourth-order valence-electron chi connectivity index (χ4n) is 1.78. The molecule has 1 aliphatic rings. The van der Waals surface area contributed by atoms with Crippen molar-refractivity contribution in [1.82, 2.24) is 5.32 Å². The Bertz CT molecular complexity index is 350. The molecule has 1 aromatic carbocycles. The fraction of sp³-hybridized carbons (Fsp3) is 0.538. The number of benzene rings is 1. The van der Waals surface area contributed by atoms with Crippen molar-refractivity contribution in [2.24, 2.45) is 0 Å². The first-order chi connectivity index (χ1) is 7.77. The van der Waals surface area contributed by atoms with Gasteiger partial charge < -0.3 is 5.32 Å². The van der Waals surface area contributed by atoms with Gasteiger partial charge in [-0.1, -0.05) is 23.7 Å². The molecule has 1 saturated carbocycles. The van der Waals surface area contributed by atoms with Crippen molar-refractivity contribution in [2.45, 2.75) is 38.1 Å². The van der Waals surface area contributed by atoms with Crippen LogP contribution in [0.15, 0.2) is 18.2 Å². The Kier molecular flexibility index (Phi) is 4.19. The molecule has 1 aliphatic carbocycles. The molecule has 16 heavy (non-hydrogen) atoms. The molecule has 1 N–H and O–H groups in total. The maximum Gasteiger partial charge on any atom is 0.142 e. The lowest BCUT2D eigenvalue weighted by atomic mass is 10.1. The predicted octanol–water partition coefficient (Wildman–Crippen LogP) is 3.55. The van der Waals surface area contributed by atoms with Crippen molar-refractivity contribution in [2.75, 3.05) is 6.54 Å². The van der Waals surface area contributed by atoms with Gasteiger partial charge in [0, 0.05) is 6.04 Å². The molecule has 1 nitrogen and oxygen atoms in total. The van der Waals surface area contributed by atoms with Gasteiger partial charge in [-0.25, -0.2) is 4.39 Å². The van der Waals surface area contributed by atoms with Gasteiger partial charge in [-0.3, -0.25) is 0 Å². The summed E-state index contributed by atoms with van der Waals surface area (Å²) >= 11 is 5.88. The highest BCUT2D eigenvalue weighted by Crippen LogP contribution is 2.21. The maximum atomic E-state index is 13.1. The Labute approximate surface area is 101 Å². The first-order valence-corrected chi connectivity index (χ1v) is 6.31. The van der Waals surface area contributed by atoms with Crippen molar-refractivity contribution in [3.8, 4) is 0 Å². The van der Waals surface area contributed by atoms with Gasteiger partial charge >= 0.3 is 0 Å². The quantitative estimate of drug-likeness (QED) is 0.751. The molecule has 0 spiro atoms. The van der Waals surface area contributed by atoms with Crippen LogP contribution in [0.4, 0.5) is 4.39 Å². The Morgan fingerprint density at radius 2 is 2.12 bits per heavy atom. The molecule has 1 fully saturated rings. The van der Waals surface area contributed by atoms with Crippen LogP contribution in [0.25, 0.3) is 0 Å². The van der Waals surface area contributed by atoms with Crippen LogP contribution in [0.1, 0.15) is 31.2 Å². The summed E-state index contributed by atoms with van der Waals surface area (Å²) in [6, 6.07) is 5.80. The summed E-state index contributed by atoms with van der Waals surface area (Å²) in [4.78, 5) is 0. The van der Waals surface area contributed by atoms with Gasteiger partial charge in [0.15, 0.2) is 0 Å². The second kappa shape index (κ2) is 5.65. The summed E-state index contributed by atoms with van der Waals surface area (Å²) < 4.78 is 13.1. The van der Waals surface area contributed by atoms with E-state index < -0.39 is 0 Å². The smallest absolute Gasteiger partial charge is 0.142 e. The van der Waals surface area contributed by atoms with E-state index in [0.29, 0.717) is 0 Å². The third-order valence-corrected chi connectivity index (χ3v) is 3.34. The largest absolute Gasteiger partial charge is 0.314 e. The van der Waals surface area contributed by atoms with Crippen LogP contribution in [0, 0.1) is 5.82 Å². The molecule has 0 aromatic heterocycles. The Balaban J connectivity index is 1.69. The van der Waals surface area contributed by atoms with E-state index >= 15 is 0 Å². The summed E-state index contributed by atoms with van der Waals surface area (Å²) in [5.41, 5.74) is 0.924. The molecule has 88 valence electrons. The van der Waals surface area contributed by atoms with Crippen molar-refractivity contribution < 1.29 is 4.39 Å². The molecule has 0 bridgehead atoms. The summed E-state index contributed by atoms with van der Waals surface area (Å²) in [5.74, 6) is -0.310. The molecule has 0 amide bonds. The molecule has 0 atom stereocenters. The van der Waals surface area contributed by atoms with E-state index in [4.69, 9.17) is 11.6 Å². The average Bonchev–Trinajstić information content (AvgIpc) is 3.07. The van der Waals surface area contributed by atoms with Gasteiger partial charge in [0.1, 0.15) is 5.82 Å². The second-order valence-corrected chi connectivity index (χ2v) is 4.78. The minimum atomic E-state index is -0.310. The topological polar surface area (TPSA) is 12.0 Å². The van der Waals surface area contributed by atoms with E-state index in [-0.39, 0.29) is 10.8 Å². The molecule has 1 aromatic rings. The normalized spacial score (nSPS) is 15.4. The lowest BCUT2D eigenvalue weighted by Crippen LogP contribution is -2.17. The molecule has 3 heteroatoms. The number of rotatable bonds is 6. The molecular formula is C13H17ClFN. The standard InChI is InChI=1S/C13H17ClFN/c14-13-10(5-3-6-12(13)15)4-1-2-9-16-11-7-8-11/h3,5-6,11,16H,1-2,4,7-9H2. The predicted molar refractivity (Wildman–Crippen MR) is 65.4 cm³/mol. The number of aryl methyl sites for hydroxylation is 1. The summed E-state index contributed by atoms with van der Waals surface area (Å²) in [6.45, 7) is 1.07. The van der Waals surface area contributed by atoms with Crippen molar-refractivity contribution in [3.63, 3.8) is 0 Å². The molecule has 0 saturated heterocycles. The Morgan fingerprint density at radius 3 is 2.88 bits per heavy atom. The summed E-state index contributed by atoms with van der Waals surface area (Å²) in [6.07, 6.45) is 5.71. The molecular weight excluding hydrogens is 225 g/mol. The minimum Gasteiger partial charge on any atom is -0.314 e. The van der Waals surface area contributed by atoms with Crippen LogP contribution in [0.5, 0.6) is 0 Å². The second-order valence-electron chi connectivity index (χ2n) is 4.40. The molecule has 0 heterocycles. The van der Waals surface area contributed by atoms with E-state index in [2.05, 4.69) is 5.32 Å². The van der Waals surface area contributed by atoms with Crippen LogP contribution < -0.4 is 5.32 Å². The molecule has 0 aliphatic heterocycles. The number of hydrogen-bond acceptors (Lipinski definition) is 1. The summed E-state index contributed by atoms with van der Waals surface area (Å²) in [7, 11) is 0. The zero-order chi connectivity index (χ0) is 11.4. The van der Waals surface area contributed by atoms with Crippen LogP contribution in [-0.2, 0) is 6.42 Å². The minimum absolute atomic E-state index is 0.289. The first-order valence-electron chi connectivity index (χ1n) is 5.93. The Hall–Kier alpha value is -0.600. The highest BCUT2D eigenvalue weighted by atomic mass is 35.5. The highest BCUT2D eigenvalue weighted by molar-refractivity contribution is 6.31. The number of unbranched alkanes of at least 4 members (excludes halogenated alkanes) is 1. The fourth-order valence-corrected chi connectivity index (χ4v) is 2.00. The van der Waals surface area contributed by atoms with E-state index in [1.807, 2.05) is 6.07 Å². The van der Waals surface area contributed by atoms with Gasteiger partial charge in [0.05, 0.1) is 5.02 Å². The van der Waals surface area contributed by atoms with Gasteiger partial charge in [0.2, 0.25) is 0 Å². The highest BCUT2D eigenvalue weighted by Gasteiger charge is 2.19. The monoisotopic (exact) mass is 241 g/mol. The van der Waals surface area contributed by atoms with E-state index in [1.165, 1.54) is 18.9 Å². The molecule has 2 rings (SSSR count). The van der Waals surface area contributed by atoms with E-state index in [1.54, 1.807) is 6.07 Å². The van der Waals surface area contributed by atoms with Crippen molar-refractivity contribution >= 4 is 11.6 Å². The van der Waals surface area contributed by atoms with Crippen molar-refractivity contribution in [1.29, 1.82) is 0 Å². The zero-order valence-corrected chi connectivity index (χ0v) is 10.1.